The van der Waals surface area contributed by atoms with Crippen LogP contribution in [-0.4, -0.2) is 33.1 Å². The molecule has 26 heavy (non-hydrogen) atoms. The minimum absolute atomic E-state index is 0.0477. The van der Waals surface area contributed by atoms with E-state index >= 15 is 0 Å². The fourth-order valence-corrected chi connectivity index (χ4v) is 3.79. The zero-order valence-corrected chi connectivity index (χ0v) is 14.0. The fourth-order valence-electron chi connectivity index (χ4n) is 2.61. The molecule has 2 aromatic carbocycles. The van der Waals surface area contributed by atoms with E-state index in [1.54, 1.807) is 18.2 Å². The second-order valence-corrected chi connectivity index (χ2v) is 6.70. The predicted octanol–water partition coefficient (Wildman–Crippen LogP) is 2.72. The molecule has 1 saturated heterocycles. The number of carbonyl (C=O) groups is 3. The van der Waals surface area contributed by atoms with Gasteiger partial charge in [-0.2, -0.15) is 0 Å². The Morgan fingerprint density at radius 1 is 1.19 bits per heavy atom. The standard InChI is InChI=1S/C17H12N2O6S/c20-15-9-14(26-13-7-2-1-6-12(13)17(22)23)16(21)18(15)10-4-3-5-11(8-10)19(24)25/h1-8,14H,9H2,(H,22,23)/t14-/m0/s1. The summed E-state index contributed by atoms with van der Waals surface area (Å²) >= 11 is 1.00. The molecule has 132 valence electrons. The number of nitro groups is 1. The number of benzene rings is 2. The number of amides is 2. The van der Waals surface area contributed by atoms with Gasteiger partial charge in [-0.25, -0.2) is 9.69 Å². The van der Waals surface area contributed by atoms with Crippen LogP contribution in [0, 0.1) is 10.1 Å². The van der Waals surface area contributed by atoms with E-state index in [4.69, 9.17) is 0 Å². The van der Waals surface area contributed by atoms with E-state index in [1.165, 1.54) is 24.3 Å². The van der Waals surface area contributed by atoms with Crippen molar-refractivity contribution in [3.63, 3.8) is 0 Å². The maximum absolute atomic E-state index is 12.7. The van der Waals surface area contributed by atoms with Gasteiger partial charge in [-0.15, -0.1) is 11.8 Å². The highest BCUT2D eigenvalue weighted by atomic mass is 32.2. The third kappa shape index (κ3) is 3.29. The van der Waals surface area contributed by atoms with E-state index in [1.807, 2.05) is 0 Å². The number of aromatic carboxylic acids is 1. The Hall–Kier alpha value is -3.20. The highest BCUT2D eigenvalue weighted by Gasteiger charge is 2.41. The summed E-state index contributed by atoms with van der Waals surface area (Å²) in [5.41, 5.74) is -0.0502. The minimum Gasteiger partial charge on any atom is -0.478 e. The molecular formula is C17H12N2O6S. The summed E-state index contributed by atoms with van der Waals surface area (Å²) < 4.78 is 0. The monoisotopic (exact) mass is 372 g/mol. The Morgan fingerprint density at radius 2 is 1.92 bits per heavy atom. The summed E-state index contributed by atoms with van der Waals surface area (Å²) in [6.45, 7) is 0. The smallest absolute Gasteiger partial charge is 0.336 e. The van der Waals surface area contributed by atoms with Crippen LogP contribution in [0.1, 0.15) is 16.8 Å². The average Bonchev–Trinajstić information content (AvgIpc) is 2.89. The van der Waals surface area contributed by atoms with Gasteiger partial charge >= 0.3 is 5.97 Å². The van der Waals surface area contributed by atoms with Gasteiger partial charge in [0, 0.05) is 23.4 Å². The number of nitrogens with zero attached hydrogens (tertiary/aromatic N) is 2. The van der Waals surface area contributed by atoms with Crippen molar-refractivity contribution < 1.29 is 24.4 Å². The maximum atomic E-state index is 12.7. The van der Waals surface area contributed by atoms with Gasteiger partial charge in [0.05, 0.1) is 21.4 Å². The molecule has 0 bridgehead atoms. The summed E-state index contributed by atoms with van der Waals surface area (Å²) in [5.74, 6) is -2.14. The molecule has 0 aromatic heterocycles. The molecule has 3 rings (SSSR count). The second-order valence-electron chi connectivity index (χ2n) is 5.46. The zero-order chi connectivity index (χ0) is 18.8. The number of non-ortho nitro benzene ring substituents is 1. The molecule has 0 radical (unpaired) electrons. The van der Waals surface area contributed by atoms with Crippen molar-refractivity contribution in [3.05, 3.63) is 64.2 Å². The van der Waals surface area contributed by atoms with Gasteiger partial charge in [-0.1, -0.05) is 18.2 Å². The molecule has 1 aliphatic heterocycles. The number of carboxylic acids is 1. The molecule has 9 heteroatoms. The van der Waals surface area contributed by atoms with E-state index in [0.717, 1.165) is 22.7 Å². The van der Waals surface area contributed by atoms with Gasteiger partial charge in [-0.05, 0) is 18.2 Å². The summed E-state index contributed by atoms with van der Waals surface area (Å²) in [7, 11) is 0. The van der Waals surface area contributed by atoms with Crippen molar-refractivity contribution in [3.8, 4) is 0 Å². The van der Waals surface area contributed by atoms with Crippen molar-refractivity contribution in [1.82, 2.24) is 0 Å². The fraction of sp³-hybridized carbons (Fsp3) is 0.118. The molecule has 0 aliphatic carbocycles. The molecule has 0 spiro atoms. The van der Waals surface area contributed by atoms with Crippen molar-refractivity contribution in [2.24, 2.45) is 0 Å². The van der Waals surface area contributed by atoms with Crippen molar-refractivity contribution in [2.45, 2.75) is 16.6 Å². The number of imide groups is 1. The van der Waals surface area contributed by atoms with Crippen LogP contribution in [-0.2, 0) is 9.59 Å². The molecule has 1 N–H and O–H groups in total. The number of carboxylic acid groups (broad SMARTS) is 1. The number of carbonyl (C=O) groups excluding carboxylic acids is 2. The Bertz CT molecular complexity index is 929. The normalized spacial score (nSPS) is 16.8. The van der Waals surface area contributed by atoms with Gasteiger partial charge in [0.2, 0.25) is 11.8 Å². The second kappa shape index (κ2) is 6.96. The topological polar surface area (TPSA) is 118 Å². The van der Waals surface area contributed by atoms with Gasteiger partial charge < -0.3 is 5.11 Å². The van der Waals surface area contributed by atoms with E-state index in [2.05, 4.69) is 0 Å². The van der Waals surface area contributed by atoms with Crippen LogP contribution in [0.15, 0.2) is 53.4 Å². The van der Waals surface area contributed by atoms with E-state index in [-0.39, 0.29) is 23.4 Å². The highest BCUT2D eigenvalue weighted by molar-refractivity contribution is 8.00. The molecule has 1 fully saturated rings. The lowest BCUT2D eigenvalue weighted by Crippen LogP contribution is -2.31. The lowest BCUT2D eigenvalue weighted by atomic mass is 10.2. The van der Waals surface area contributed by atoms with E-state index in [0.29, 0.717) is 4.90 Å². The van der Waals surface area contributed by atoms with Crippen LogP contribution in [0.3, 0.4) is 0 Å². The molecule has 8 nitrogen and oxygen atoms in total. The lowest BCUT2D eigenvalue weighted by molar-refractivity contribution is -0.384. The van der Waals surface area contributed by atoms with Crippen molar-refractivity contribution in [1.29, 1.82) is 0 Å². The largest absolute Gasteiger partial charge is 0.478 e. The molecule has 1 heterocycles. The molecule has 1 atom stereocenters. The number of anilines is 1. The predicted molar refractivity (Wildman–Crippen MR) is 93.3 cm³/mol. The van der Waals surface area contributed by atoms with Crippen molar-refractivity contribution >= 4 is 40.9 Å². The van der Waals surface area contributed by atoms with Gasteiger partial charge in [-0.3, -0.25) is 19.7 Å². The number of hydrogen-bond donors (Lipinski definition) is 1. The molecule has 2 aromatic rings. The first-order chi connectivity index (χ1) is 12.4. The first-order valence-corrected chi connectivity index (χ1v) is 8.36. The van der Waals surface area contributed by atoms with Crippen LogP contribution in [0.4, 0.5) is 11.4 Å². The molecule has 1 aliphatic rings. The van der Waals surface area contributed by atoms with Crippen LogP contribution in [0.25, 0.3) is 0 Å². The Morgan fingerprint density at radius 3 is 2.62 bits per heavy atom. The molecule has 2 amide bonds. The number of thioether (sulfide) groups is 1. The van der Waals surface area contributed by atoms with Gasteiger partial charge in [0.25, 0.3) is 5.69 Å². The highest BCUT2D eigenvalue weighted by Crippen LogP contribution is 2.36. The summed E-state index contributed by atoms with van der Waals surface area (Å²) in [6, 6.07) is 11.5. The number of hydrogen-bond acceptors (Lipinski definition) is 6. The summed E-state index contributed by atoms with van der Waals surface area (Å²) in [4.78, 5) is 47.8. The molecule has 0 saturated carbocycles. The van der Waals surface area contributed by atoms with Crippen LogP contribution >= 0.6 is 11.8 Å². The maximum Gasteiger partial charge on any atom is 0.336 e. The minimum atomic E-state index is -1.12. The van der Waals surface area contributed by atoms with Crippen molar-refractivity contribution in [2.75, 3.05) is 4.90 Å². The number of nitro benzene ring substituents is 1. The van der Waals surface area contributed by atoms with E-state index < -0.39 is 28.0 Å². The Labute approximate surface area is 151 Å². The van der Waals surface area contributed by atoms with Crippen LogP contribution in [0.5, 0.6) is 0 Å². The van der Waals surface area contributed by atoms with Crippen LogP contribution in [0.2, 0.25) is 0 Å². The van der Waals surface area contributed by atoms with E-state index in [9.17, 15) is 29.6 Å². The number of rotatable bonds is 5. The molecular weight excluding hydrogens is 360 g/mol. The SMILES string of the molecule is O=C(O)c1ccccc1S[C@H]1CC(=O)N(c2cccc([N+](=O)[O-])c2)C1=O. The Balaban J connectivity index is 1.87. The Kier molecular flexibility index (Phi) is 4.72. The average molecular weight is 372 g/mol. The van der Waals surface area contributed by atoms with Crippen LogP contribution < -0.4 is 4.90 Å². The lowest BCUT2D eigenvalue weighted by Gasteiger charge is -2.15. The third-order valence-corrected chi connectivity index (χ3v) is 5.05. The quantitative estimate of drug-likeness (QED) is 0.487. The first kappa shape index (κ1) is 17.6. The third-order valence-electron chi connectivity index (χ3n) is 3.79. The summed E-state index contributed by atoms with van der Waals surface area (Å²) in [6.07, 6.45) is -0.111. The van der Waals surface area contributed by atoms with Gasteiger partial charge in [0.15, 0.2) is 0 Å². The zero-order valence-electron chi connectivity index (χ0n) is 13.2. The first-order valence-electron chi connectivity index (χ1n) is 7.48. The molecule has 0 unspecified atom stereocenters. The summed E-state index contributed by atoms with van der Waals surface area (Å²) in [5, 5.41) is 19.3. The van der Waals surface area contributed by atoms with Gasteiger partial charge in [0.1, 0.15) is 0 Å².